The highest BCUT2D eigenvalue weighted by molar-refractivity contribution is 6.22. The Morgan fingerprint density at radius 3 is 1.51 bits per heavy atom. The predicted octanol–water partition coefficient (Wildman–Crippen LogP) is 12.5. The first-order valence-corrected chi connectivity index (χ1v) is 15.9. The largest absolute Gasteiger partial charge is 0.0622 e. The van der Waals surface area contributed by atoms with Crippen molar-refractivity contribution in [1.29, 1.82) is 0 Å². The minimum atomic E-state index is -0.0532. The highest BCUT2D eigenvalue weighted by atomic mass is 14.4. The Bertz CT molecular complexity index is 2390. The summed E-state index contributed by atoms with van der Waals surface area (Å²) in [6.45, 7) is 4.74. The first-order valence-electron chi connectivity index (χ1n) is 15.9. The van der Waals surface area contributed by atoms with Crippen molar-refractivity contribution in [3.05, 3.63) is 169 Å². The summed E-state index contributed by atoms with van der Waals surface area (Å²) in [4.78, 5) is 0. The number of fused-ring (bicyclic) bond motifs is 6. The van der Waals surface area contributed by atoms with Crippen LogP contribution in [0.4, 0.5) is 0 Å². The molecule has 0 bridgehead atoms. The molecule has 0 heteroatoms. The molecule has 0 aliphatic heterocycles. The lowest BCUT2D eigenvalue weighted by atomic mass is 9.81. The zero-order chi connectivity index (χ0) is 30.1. The van der Waals surface area contributed by atoms with E-state index < -0.39 is 0 Å². The Kier molecular flexibility index (Phi) is 5.64. The summed E-state index contributed by atoms with van der Waals surface area (Å²) in [7, 11) is 0. The second kappa shape index (κ2) is 9.78. The quantitative estimate of drug-likeness (QED) is 0.185. The summed E-state index contributed by atoms with van der Waals surface area (Å²) in [5.74, 6) is 0. The van der Waals surface area contributed by atoms with Crippen LogP contribution in [0, 0.1) is 0 Å². The minimum Gasteiger partial charge on any atom is -0.0622 e. The summed E-state index contributed by atoms with van der Waals surface area (Å²) >= 11 is 0. The predicted molar refractivity (Wildman–Crippen MR) is 193 cm³/mol. The topological polar surface area (TPSA) is 0 Å². The van der Waals surface area contributed by atoms with Crippen LogP contribution in [0.3, 0.4) is 0 Å². The molecule has 45 heavy (non-hydrogen) atoms. The van der Waals surface area contributed by atoms with Gasteiger partial charge in [0.15, 0.2) is 0 Å². The van der Waals surface area contributed by atoms with E-state index in [-0.39, 0.29) is 5.41 Å². The molecule has 0 saturated heterocycles. The molecule has 0 unspecified atom stereocenters. The average Bonchev–Trinajstić information content (AvgIpc) is 3.31. The molecule has 0 aromatic heterocycles. The second-order valence-electron chi connectivity index (χ2n) is 12.9. The molecule has 1 aliphatic rings. The van der Waals surface area contributed by atoms with Gasteiger partial charge in [-0.2, -0.15) is 0 Å². The van der Waals surface area contributed by atoms with E-state index in [0.29, 0.717) is 0 Å². The summed E-state index contributed by atoms with van der Waals surface area (Å²) in [6.07, 6.45) is 0. The van der Waals surface area contributed by atoms with Crippen molar-refractivity contribution >= 4 is 32.3 Å². The monoisotopic (exact) mass is 572 g/mol. The van der Waals surface area contributed by atoms with Crippen molar-refractivity contribution in [2.24, 2.45) is 0 Å². The van der Waals surface area contributed by atoms with Gasteiger partial charge in [0.05, 0.1) is 0 Å². The molecule has 0 atom stereocenters. The molecule has 0 amide bonds. The van der Waals surface area contributed by atoms with Crippen LogP contribution in [0.2, 0.25) is 0 Å². The van der Waals surface area contributed by atoms with Gasteiger partial charge in [-0.25, -0.2) is 0 Å². The van der Waals surface area contributed by atoms with E-state index >= 15 is 0 Å². The molecule has 0 nitrogen and oxygen atoms in total. The molecule has 212 valence electrons. The van der Waals surface area contributed by atoms with Gasteiger partial charge in [0.1, 0.15) is 0 Å². The van der Waals surface area contributed by atoms with Gasteiger partial charge in [0.25, 0.3) is 0 Å². The first-order chi connectivity index (χ1) is 22.1. The number of hydrogen-bond acceptors (Lipinski definition) is 0. The molecular formula is C45H32. The zero-order valence-corrected chi connectivity index (χ0v) is 25.5. The van der Waals surface area contributed by atoms with Crippen molar-refractivity contribution in [3.8, 4) is 44.5 Å². The maximum atomic E-state index is 2.46. The fraction of sp³-hybridized carbons (Fsp3) is 0.0667. The summed E-state index contributed by atoms with van der Waals surface area (Å²) in [6, 6.07) is 58.4. The zero-order valence-electron chi connectivity index (χ0n) is 25.5. The maximum Gasteiger partial charge on any atom is 0.0159 e. The second-order valence-corrected chi connectivity index (χ2v) is 12.9. The Labute approximate surface area is 264 Å². The van der Waals surface area contributed by atoms with Gasteiger partial charge in [-0.1, -0.05) is 153 Å². The number of rotatable bonds is 3. The highest BCUT2D eigenvalue weighted by Gasteiger charge is 2.36. The van der Waals surface area contributed by atoms with E-state index in [1.807, 2.05) is 0 Å². The van der Waals surface area contributed by atoms with Crippen molar-refractivity contribution in [2.75, 3.05) is 0 Å². The van der Waals surface area contributed by atoms with Gasteiger partial charge in [0, 0.05) is 5.41 Å². The third kappa shape index (κ3) is 3.85. The van der Waals surface area contributed by atoms with Gasteiger partial charge < -0.3 is 0 Å². The maximum absolute atomic E-state index is 2.46. The normalized spacial score (nSPS) is 13.3. The van der Waals surface area contributed by atoms with Crippen LogP contribution in [0.15, 0.2) is 158 Å². The SMILES string of the molecule is CC1(C)c2ccc(-c3c4ccccc4c(-c4ccccc4-c4ccccc4)c4ccccc34)cc2-c2cc3ccccc3cc21. The van der Waals surface area contributed by atoms with E-state index in [0.717, 1.165) is 0 Å². The molecule has 0 fully saturated rings. The molecule has 8 aromatic rings. The van der Waals surface area contributed by atoms with Gasteiger partial charge in [-0.15, -0.1) is 0 Å². The van der Waals surface area contributed by atoms with Crippen molar-refractivity contribution in [2.45, 2.75) is 19.3 Å². The third-order valence-corrected chi connectivity index (χ3v) is 10.0. The Morgan fingerprint density at radius 2 is 0.844 bits per heavy atom. The lowest BCUT2D eigenvalue weighted by molar-refractivity contribution is 0.661. The van der Waals surface area contributed by atoms with Crippen molar-refractivity contribution in [3.63, 3.8) is 0 Å². The van der Waals surface area contributed by atoms with E-state index in [9.17, 15) is 0 Å². The lowest BCUT2D eigenvalue weighted by Gasteiger charge is -2.22. The summed E-state index contributed by atoms with van der Waals surface area (Å²) < 4.78 is 0. The van der Waals surface area contributed by atoms with Gasteiger partial charge in [-0.05, 0) is 106 Å². The van der Waals surface area contributed by atoms with Crippen LogP contribution in [-0.2, 0) is 5.41 Å². The van der Waals surface area contributed by atoms with Crippen LogP contribution in [-0.4, -0.2) is 0 Å². The van der Waals surface area contributed by atoms with E-state index in [1.54, 1.807) is 0 Å². The van der Waals surface area contributed by atoms with Crippen molar-refractivity contribution in [1.82, 2.24) is 0 Å². The van der Waals surface area contributed by atoms with Crippen molar-refractivity contribution < 1.29 is 0 Å². The van der Waals surface area contributed by atoms with Crippen LogP contribution in [0.25, 0.3) is 76.8 Å². The lowest BCUT2D eigenvalue weighted by Crippen LogP contribution is -2.14. The average molecular weight is 573 g/mol. The van der Waals surface area contributed by atoms with Crippen LogP contribution in [0.1, 0.15) is 25.0 Å². The number of benzene rings is 8. The molecule has 0 radical (unpaired) electrons. The van der Waals surface area contributed by atoms with E-state index in [4.69, 9.17) is 0 Å². The Morgan fingerprint density at radius 1 is 0.333 bits per heavy atom. The summed E-state index contributed by atoms with van der Waals surface area (Å²) in [5, 5.41) is 7.72. The fourth-order valence-corrected chi connectivity index (χ4v) is 7.89. The fourth-order valence-electron chi connectivity index (χ4n) is 7.89. The van der Waals surface area contributed by atoms with Crippen LogP contribution < -0.4 is 0 Å². The van der Waals surface area contributed by atoms with Crippen LogP contribution in [0.5, 0.6) is 0 Å². The molecule has 1 aliphatic carbocycles. The summed E-state index contributed by atoms with van der Waals surface area (Å²) in [5.41, 5.74) is 13.1. The van der Waals surface area contributed by atoms with Gasteiger partial charge in [0.2, 0.25) is 0 Å². The molecule has 0 saturated carbocycles. The number of hydrogen-bond donors (Lipinski definition) is 0. The van der Waals surface area contributed by atoms with E-state index in [2.05, 4.69) is 172 Å². The molecule has 0 heterocycles. The molecule has 9 rings (SSSR count). The molecule has 8 aromatic carbocycles. The molecule has 0 spiro atoms. The Balaban J connectivity index is 1.34. The van der Waals surface area contributed by atoms with E-state index in [1.165, 1.54) is 88.0 Å². The minimum absolute atomic E-state index is 0.0532. The smallest absolute Gasteiger partial charge is 0.0159 e. The first kappa shape index (κ1) is 26.0. The Hall–Kier alpha value is -5.46. The molecule has 0 N–H and O–H groups in total. The highest BCUT2D eigenvalue weighted by Crippen LogP contribution is 2.52. The third-order valence-electron chi connectivity index (χ3n) is 10.0. The van der Waals surface area contributed by atoms with Crippen LogP contribution >= 0.6 is 0 Å². The van der Waals surface area contributed by atoms with Gasteiger partial charge >= 0.3 is 0 Å². The standard InChI is InChI=1S/C45H32/c1-45(2)41-25-24-32(27-39(41)40-26-30-16-6-7-17-31(30)28-42(40)45)43-35-20-10-12-22-37(35)44(38-23-13-11-21-36(38)43)34-19-9-8-18-33(34)29-14-4-3-5-15-29/h3-28H,1-2H3. The van der Waals surface area contributed by atoms with Gasteiger partial charge in [-0.3, -0.25) is 0 Å². The molecular weight excluding hydrogens is 540 g/mol.